The second-order valence-corrected chi connectivity index (χ2v) is 8.90. The van der Waals surface area contributed by atoms with Gasteiger partial charge in [0.1, 0.15) is 28.9 Å². The highest BCUT2D eigenvalue weighted by Crippen LogP contribution is 2.29. The fourth-order valence-corrected chi connectivity index (χ4v) is 4.27. The molecular weight excluding hydrogens is 463 g/mol. The average Bonchev–Trinajstić information content (AvgIpc) is 3.43. The number of ether oxygens (including phenoxy) is 1. The summed E-state index contributed by atoms with van der Waals surface area (Å²) in [6.45, 7) is 3.61. The van der Waals surface area contributed by atoms with E-state index >= 15 is 0 Å². The Labute approximate surface area is 197 Å². The number of thiazole rings is 2. The molecule has 2 aromatic carbocycles. The van der Waals surface area contributed by atoms with Gasteiger partial charge >= 0.3 is 0 Å². The van der Waals surface area contributed by atoms with Crippen LogP contribution < -0.4 is 15.4 Å². The fourth-order valence-electron chi connectivity index (χ4n) is 2.88. The van der Waals surface area contributed by atoms with Gasteiger partial charge in [0.15, 0.2) is 5.13 Å². The highest BCUT2D eigenvalue weighted by Gasteiger charge is 2.15. The van der Waals surface area contributed by atoms with Crippen molar-refractivity contribution in [2.75, 3.05) is 10.6 Å². The summed E-state index contributed by atoms with van der Waals surface area (Å²) in [7, 11) is 0. The molecule has 168 valence electrons. The van der Waals surface area contributed by atoms with Gasteiger partial charge in [0.05, 0.1) is 5.69 Å². The zero-order chi connectivity index (χ0) is 23.4. The van der Waals surface area contributed by atoms with E-state index in [4.69, 9.17) is 4.74 Å². The zero-order valence-corrected chi connectivity index (χ0v) is 19.3. The van der Waals surface area contributed by atoms with E-state index in [-0.39, 0.29) is 23.8 Å². The van der Waals surface area contributed by atoms with Crippen molar-refractivity contribution < 1.29 is 18.7 Å². The molecule has 0 radical (unpaired) electrons. The second-order valence-electron chi connectivity index (χ2n) is 7.10. The van der Waals surface area contributed by atoms with Crippen LogP contribution in [-0.2, 0) is 11.4 Å². The monoisotopic (exact) mass is 482 g/mol. The summed E-state index contributed by atoms with van der Waals surface area (Å²) in [4.78, 5) is 32.3. The van der Waals surface area contributed by atoms with E-state index in [0.717, 1.165) is 11.3 Å². The first-order valence-electron chi connectivity index (χ1n) is 9.85. The smallest absolute Gasteiger partial charge is 0.276 e. The molecule has 4 aromatic rings. The van der Waals surface area contributed by atoms with Gasteiger partial charge in [-0.3, -0.25) is 14.9 Å². The molecule has 0 aliphatic heterocycles. The maximum Gasteiger partial charge on any atom is 0.276 e. The lowest BCUT2D eigenvalue weighted by Gasteiger charge is -2.05. The third kappa shape index (κ3) is 5.79. The summed E-state index contributed by atoms with van der Waals surface area (Å²) in [6.07, 6.45) is 0. The number of anilines is 2. The molecular formula is C23H19FN4O3S2. The second kappa shape index (κ2) is 9.88. The molecule has 2 aromatic heterocycles. The molecule has 2 amide bonds. The largest absolute Gasteiger partial charge is 0.486 e. The first kappa shape index (κ1) is 22.6. The van der Waals surface area contributed by atoms with Crippen LogP contribution in [0.4, 0.5) is 15.2 Å². The molecule has 0 saturated carbocycles. The van der Waals surface area contributed by atoms with Gasteiger partial charge < -0.3 is 10.1 Å². The molecule has 0 unspecified atom stereocenters. The number of halogens is 1. The van der Waals surface area contributed by atoms with E-state index in [0.29, 0.717) is 21.5 Å². The summed E-state index contributed by atoms with van der Waals surface area (Å²) >= 11 is 2.50. The van der Waals surface area contributed by atoms with Gasteiger partial charge in [-0.15, -0.1) is 22.7 Å². The number of aromatic nitrogens is 2. The molecule has 0 bridgehead atoms. The number of hydrogen-bond donors (Lipinski definition) is 2. The van der Waals surface area contributed by atoms with Crippen LogP contribution in [0.3, 0.4) is 0 Å². The summed E-state index contributed by atoms with van der Waals surface area (Å²) in [5.41, 5.74) is 2.41. The fraction of sp³-hybridized carbons (Fsp3) is 0.130. The van der Waals surface area contributed by atoms with E-state index in [1.165, 1.54) is 41.7 Å². The third-order valence-corrected chi connectivity index (χ3v) is 6.04. The Hall–Kier alpha value is -3.63. The number of amides is 2. The lowest BCUT2D eigenvalue weighted by molar-refractivity contribution is -0.114. The number of rotatable bonds is 7. The molecule has 0 aliphatic carbocycles. The third-order valence-electron chi connectivity index (χ3n) is 4.46. The van der Waals surface area contributed by atoms with Crippen LogP contribution in [0.5, 0.6) is 5.75 Å². The Bertz CT molecular complexity index is 1300. The number of benzene rings is 2. The lowest BCUT2D eigenvalue weighted by Crippen LogP contribution is -2.12. The minimum Gasteiger partial charge on any atom is -0.486 e. The Kier molecular flexibility index (Phi) is 6.76. The van der Waals surface area contributed by atoms with Gasteiger partial charge in [0.25, 0.3) is 5.91 Å². The maximum absolute atomic E-state index is 14.4. The summed E-state index contributed by atoms with van der Waals surface area (Å²) < 4.78 is 20.1. The highest BCUT2D eigenvalue weighted by molar-refractivity contribution is 7.14. The molecule has 0 fully saturated rings. The van der Waals surface area contributed by atoms with Crippen LogP contribution in [0.15, 0.2) is 53.2 Å². The number of aryl methyl sites for hydroxylation is 1. The normalized spacial score (nSPS) is 10.6. The molecule has 10 heteroatoms. The molecule has 2 N–H and O–H groups in total. The number of nitrogens with one attached hydrogen (secondary N) is 2. The van der Waals surface area contributed by atoms with Crippen LogP contribution >= 0.6 is 22.7 Å². The van der Waals surface area contributed by atoms with Crippen LogP contribution in [-0.4, -0.2) is 21.8 Å². The number of carbonyl (C=O) groups is 2. The highest BCUT2D eigenvalue weighted by atomic mass is 32.1. The minimum atomic E-state index is -0.526. The van der Waals surface area contributed by atoms with Crippen molar-refractivity contribution in [1.29, 1.82) is 0 Å². The Morgan fingerprint density at radius 3 is 2.55 bits per heavy atom. The van der Waals surface area contributed by atoms with Gasteiger partial charge in [-0.1, -0.05) is 17.7 Å². The predicted octanol–water partition coefficient (Wildman–Crippen LogP) is 5.50. The number of nitrogens with zero attached hydrogens (tertiary/aromatic N) is 2. The maximum atomic E-state index is 14.4. The Morgan fingerprint density at radius 1 is 1.03 bits per heavy atom. The molecule has 2 heterocycles. The van der Waals surface area contributed by atoms with Gasteiger partial charge in [0.2, 0.25) is 5.91 Å². The topological polar surface area (TPSA) is 93.2 Å². The lowest BCUT2D eigenvalue weighted by atomic mass is 10.1. The predicted molar refractivity (Wildman–Crippen MR) is 127 cm³/mol. The first-order chi connectivity index (χ1) is 15.9. The van der Waals surface area contributed by atoms with Crippen LogP contribution in [0.1, 0.15) is 28.0 Å². The quantitative estimate of drug-likeness (QED) is 0.363. The van der Waals surface area contributed by atoms with Gasteiger partial charge in [0, 0.05) is 28.9 Å². The van der Waals surface area contributed by atoms with Crippen molar-refractivity contribution in [3.63, 3.8) is 0 Å². The average molecular weight is 483 g/mol. The SMILES string of the molecule is CC(=O)Nc1ccc(-c2csc(NC(=O)c3csc(COc4ccc(C)cc4)n3)n2)c(F)c1. The van der Waals surface area contributed by atoms with Crippen LogP contribution in [0.2, 0.25) is 0 Å². The van der Waals surface area contributed by atoms with Crippen molar-refractivity contribution in [3.05, 3.63) is 75.3 Å². The van der Waals surface area contributed by atoms with E-state index in [1.807, 2.05) is 31.2 Å². The van der Waals surface area contributed by atoms with Gasteiger partial charge in [-0.2, -0.15) is 0 Å². The standard InChI is InChI=1S/C23H19FN4O3S2/c1-13-3-6-16(7-4-13)31-10-21-26-20(12-32-21)22(30)28-23-27-19(11-33-23)17-8-5-15(9-18(17)24)25-14(2)29/h3-9,11-12H,10H2,1-2H3,(H,25,29)(H,27,28,30). The van der Waals surface area contributed by atoms with Crippen molar-refractivity contribution >= 4 is 45.3 Å². The minimum absolute atomic E-state index is 0.255. The van der Waals surface area contributed by atoms with E-state index in [1.54, 1.807) is 16.8 Å². The molecule has 4 rings (SSSR count). The molecule has 0 aliphatic rings. The summed E-state index contributed by atoms with van der Waals surface area (Å²) in [5, 5.41) is 9.51. The van der Waals surface area contributed by atoms with Crippen molar-refractivity contribution in [3.8, 4) is 17.0 Å². The van der Waals surface area contributed by atoms with E-state index < -0.39 is 11.7 Å². The van der Waals surface area contributed by atoms with Gasteiger partial charge in [-0.25, -0.2) is 14.4 Å². The van der Waals surface area contributed by atoms with E-state index in [2.05, 4.69) is 20.6 Å². The number of carbonyl (C=O) groups excluding carboxylic acids is 2. The van der Waals surface area contributed by atoms with Crippen LogP contribution in [0, 0.1) is 12.7 Å². The van der Waals surface area contributed by atoms with Crippen molar-refractivity contribution in [2.45, 2.75) is 20.5 Å². The summed E-state index contributed by atoms with van der Waals surface area (Å²) in [5.74, 6) is -0.487. The number of hydrogen-bond acceptors (Lipinski definition) is 7. The van der Waals surface area contributed by atoms with Crippen molar-refractivity contribution in [2.24, 2.45) is 0 Å². The van der Waals surface area contributed by atoms with Gasteiger partial charge in [-0.05, 0) is 37.3 Å². The zero-order valence-electron chi connectivity index (χ0n) is 17.7. The molecule has 7 nitrogen and oxygen atoms in total. The molecule has 0 saturated heterocycles. The molecule has 0 spiro atoms. The Balaban J connectivity index is 1.38. The van der Waals surface area contributed by atoms with Crippen molar-refractivity contribution in [1.82, 2.24) is 9.97 Å². The first-order valence-corrected chi connectivity index (χ1v) is 11.6. The Morgan fingerprint density at radius 2 is 1.82 bits per heavy atom. The summed E-state index contributed by atoms with van der Waals surface area (Å²) in [6, 6.07) is 12.0. The molecule has 0 atom stereocenters. The van der Waals surface area contributed by atoms with E-state index in [9.17, 15) is 14.0 Å². The molecule has 33 heavy (non-hydrogen) atoms. The van der Waals surface area contributed by atoms with Crippen LogP contribution in [0.25, 0.3) is 11.3 Å².